The predicted molar refractivity (Wildman–Crippen MR) is 102 cm³/mol. The minimum absolute atomic E-state index is 0.285. The van der Waals surface area contributed by atoms with Crippen molar-refractivity contribution in [3.8, 4) is 17.2 Å². The fraction of sp³-hybridized carbons (Fsp3) is 0.250. The number of aliphatic carboxylic acids is 1. The van der Waals surface area contributed by atoms with Gasteiger partial charge < -0.3 is 19.3 Å². The van der Waals surface area contributed by atoms with Gasteiger partial charge in [-0.1, -0.05) is 29.3 Å². The fourth-order valence-electron chi connectivity index (χ4n) is 2.40. The first-order chi connectivity index (χ1) is 12.4. The number of rotatable bonds is 8. The van der Waals surface area contributed by atoms with Gasteiger partial charge in [-0.2, -0.15) is 0 Å². The number of carboxylic acid groups (broad SMARTS) is 1. The minimum Gasteiger partial charge on any atom is -0.493 e. The van der Waals surface area contributed by atoms with Crippen LogP contribution in [0.15, 0.2) is 36.4 Å². The Kier molecular flexibility index (Phi) is 6.92. The van der Waals surface area contributed by atoms with Crippen molar-refractivity contribution in [2.75, 3.05) is 20.3 Å². The normalized spacial score (nSPS) is 10.8. The highest BCUT2D eigenvalue weighted by atomic mass is 35.5. The van der Waals surface area contributed by atoms with Gasteiger partial charge in [0.1, 0.15) is 19.0 Å². The molecule has 1 N–H and O–H groups in total. The van der Waals surface area contributed by atoms with Crippen LogP contribution in [0.2, 0.25) is 5.02 Å². The van der Waals surface area contributed by atoms with Crippen LogP contribution in [0.3, 0.4) is 0 Å². The van der Waals surface area contributed by atoms with Crippen LogP contribution in [0.5, 0.6) is 17.2 Å². The van der Waals surface area contributed by atoms with Gasteiger partial charge in [-0.25, -0.2) is 4.79 Å². The van der Waals surface area contributed by atoms with Crippen LogP contribution in [0.25, 0.3) is 6.08 Å². The summed E-state index contributed by atoms with van der Waals surface area (Å²) in [5.74, 6) is 0.593. The molecule has 0 spiro atoms. The van der Waals surface area contributed by atoms with Crippen LogP contribution >= 0.6 is 11.6 Å². The zero-order valence-corrected chi connectivity index (χ0v) is 15.7. The highest BCUT2D eigenvalue weighted by molar-refractivity contribution is 6.32. The molecule has 0 saturated heterocycles. The van der Waals surface area contributed by atoms with E-state index in [1.54, 1.807) is 12.1 Å². The zero-order valence-electron chi connectivity index (χ0n) is 14.9. The van der Waals surface area contributed by atoms with Crippen LogP contribution in [0.1, 0.15) is 16.7 Å². The summed E-state index contributed by atoms with van der Waals surface area (Å²) in [6, 6.07) is 9.25. The molecule has 0 radical (unpaired) electrons. The van der Waals surface area contributed by atoms with Crippen molar-refractivity contribution >= 4 is 23.6 Å². The van der Waals surface area contributed by atoms with E-state index in [2.05, 4.69) is 6.07 Å². The lowest BCUT2D eigenvalue weighted by molar-refractivity contribution is -0.131. The largest absolute Gasteiger partial charge is 0.493 e. The average molecular weight is 377 g/mol. The van der Waals surface area contributed by atoms with E-state index in [1.165, 1.54) is 18.7 Å². The number of carboxylic acids is 1. The van der Waals surface area contributed by atoms with E-state index in [-0.39, 0.29) is 6.61 Å². The van der Waals surface area contributed by atoms with Gasteiger partial charge in [0.2, 0.25) is 0 Å². The Bertz CT molecular complexity index is 814. The summed E-state index contributed by atoms with van der Waals surface area (Å²) < 4.78 is 16.7. The van der Waals surface area contributed by atoms with E-state index in [4.69, 9.17) is 30.9 Å². The molecule has 0 aromatic heterocycles. The maximum Gasteiger partial charge on any atom is 0.328 e. The summed E-state index contributed by atoms with van der Waals surface area (Å²) in [6.07, 6.45) is 2.47. The Morgan fingerprint density at radius 1 is 1.12 bits per heavy atom. The lowest BCUT2D eigenvalue weighted by Gasteiger charge is -2.14. The molecule has 2 aromatic rings. The van der Waals surface area contributed by atoms with Gasteiger partial charge in [-0.05, 0) is 49.2 Å². The SMILES string of the molecule is COc1cc(C=CC(=O)O)cc(Cl)c1OCCOc1ccc(C)cc1C. The smallest absolute Gasteiger partial charge is 0.328 e. The summed E-state index contributed by atoms with van der Waals surface area (Å²) in [5.41, 5.74) is 2.85. The molecular weight excluding hydrogens is 356 g/mol. The molecule has 0 atom stereocenters. The van der Waals surface area contributed by atoms with E-state index >= 15 is 0 Å². The molecule has 26 heavy (non-hydrogen) atoms. The molecule has 0 aliphatic carbocycles. The van der Waals surface area contributed by atoms with Gasteiger partial charge in [-0.15, -0.1) is 0 Å². The molecule has 5 nitrogen and oxygen atoms in total. The topological polar surface area (TPSA) is 65.0 Å². The lowest BCUT2D eigenvalue weighted by Crippen LogP contribution is -2.10. The average Bonchev–Trinajstić information content (AvgIpc) is 2.59. The van der Waals surface area contributed by atoms with E-state index in [0.29, 0.717) is 28.7 Å². The number of carbonyl (C=O) groups is 1. The molecule has 2 rings (SSSR count). The van der Waals surface area contributed by atoms with Crippen molar-refractivity contribution in [3.05, 3.63) is 58.1 Å². The number of hydrogen-bond acceptors (Lipinski definition) is 4. The van der Waals surface area contributed by atoms with Crippen molar-refractivity contribution in [1.82, 2.24) is 0 Å². The maximum atomic E-state index is 10.6. The first-order valence-electron chi connectivity index (χ1n) is 8.02. The molecule has 0 saturated carbocycles. The highest BCUT2D eigenvalue weighted by Crippen LogP contribution is 2.36. The first-order valence-corrected chi connectivity index (χ1v) is 8.40. The standard InChI is InChI=1S/C20H21ClO5/c1-13-4-6-17(14(2)10-13)25-8-9-26-20-16(21)11-15(5-7-19(22)23)12-18(20)24-3/h4-7,10-12H,8-9H2,1-3H3,(H,22,23). The first kappa shape index (κ1) is 19.7. The van der Waals surface area contributed by atoms with Gasteiger partial charge >= 0.3 is 5.97 Å². The van der Waals surface area contributed by atoms with E-state index in [9.17, 15) is 4.79 Å². The highest BCUT2D eigenvalue weighted by Gasteiger charge is 2.11. The van der Waals surface area contributed by atoms with Gasteiger partial charge in [-0.3, -0.25) is 0 Å². The van der Waals surface area contributed by atoms with Crippen LogP contribution in [-0.2, 0) is 4.79 Å². The number of aryl methyl sites for hydroxylation is 2. The third-order valence-corrected chi connectivity index (χ3v) is 3.87. The van der Waals surface area contributed by atoms with Crippen LogP contribution < -0.4 is 14.2 Å². The molecule has 0 unspecified atom stereocenters. The van der Waals surface area contributed by atoms with Crippen molar-refractivity contribution in [3.63, 3.8) is 0 Å². The lowest BCUT2D eigenvalue weighted by atomic mass is 10.1. The molecular formula is C20H21ClO5. The Balaban J connectivity index is 2.01. The van der Waals surface area contributed by atoms with Gasteiger partial charge in [0.05, 0.1) is 12.1 Å². The van der Waals surface area contributed by atoms with E-state index in [0.717, 1.165) is 17.4 Å². The van der Waals surface area contributed by atoms with Crippen LogP contribution in [0, 0.1) is 13.8 Å². The molecule has 0 bridgehead atoms. The Labute approximate surface area is 157 Å². The Hall–Kier alpha value is -2.66. The van der Waals surface area contributed by atoms with Gasteiger partial charge in [0.15, 0.2) is 11.5 Å². The zero-order chi connectivity index (χ0) is 19.1. The van der Waals surface area contributed by atoms with Crippen LogP contribution in [-0.4, -0.2) is 31.4 Å². The number of methoxy groups -OCH3 is 1. The fourth-order valence-corrected chi connectivity index (χ4v) is 2.67. The molecule has 2 aromatic carbocycles. The second kappa shape index (κ2) is 9.15. The second-order valence-corrected chi connectivity index (χ2v) is 6.08. The maximum absolute atomic E-state index is 10.6. The predicted octanol–water partition coefficient (Wildman–Crippen LogP) is 4.52. The number of ether oxygens (including phenoxy) is 3. The monoisotopic (exact) mass is 376 g/mol. The number of hydrogen-bond donors (Lipinski definition) is 1. The molecule has 6 heteroatoms. The Morgan fingerprint density at radius 3 is 2.50 bits per heavy atom. The van der Waals surface area contributed by atoms with Crippen molar-refractivity contribution in [2.24, 2.45) is 0 Å². The summed E-state index contributed by atoms with van der Waals surface area (Å²) in [7, 11) is 1.50. The summed E-state index contributed by atoms with van der Waals surface area (Å²) >= 11 is 6.24. The van der Waals surface area contributed by atoms with E-state index in [1.807, 2.05) is 26.0 Å². The summed E-state index contributed by atoms with van der Waals surface area (Å²) in [4.78, 5) is 10.6. The van der Waals surface area contributed by atoms with Gasteiger partial charge in [0.25, 0.3) is 0 Å². The molecule has 138 valence electrons. The molecule has 0 aliphatic heterocycles. The molecule has 0 amide bonds. The second-order valence-electron chi connectivity index (χ2n) is 5.67. The van der Waals surface area contributed by atoms with Crippen molar-refractivity contribution in [2.45, 2.75) is 13.8 Å². The quantitative estimate of drug-likeness (QED) is 0.542. The van der Waals surface area contributed by atoms with Gasteiger partial charge in [0, 0.05) is 6.08 Å². The number of benzene rings is 2. The van der Waals surface area contributed by atoms with E-state index < -0.39 is 5.97 Å². The molecule has 0 fully saturated rings. The van der Waals surface area contributed by atoms with Crippen molar-refractivity contribution < 1.29 is 24.1 Å². The third kappa shape index (κ3) is 5.43. The molecule has 0 heterocycles. The minimum atomic E-state index is -1.04. The summed E-state index contributed by atoms with van der Waals surface area (Å²) in [6.45, 7) is 4.66. The Morgan fingerprint density at radius 2 is 1.85 bits per heavy atom. The van der Waals surface area contributed by atoms with Crippen LogP contribution in [0.4, 0.5) is 0 Å². The molecule has 0 aliphatic rings. The van der Waals surface area contributed by atoms with Crippen molar-refractivity contribution in [1.29, 1.82) is 0 Å². The summed E-state index contributed by atoms with van der Waals surface area (Å²) in [5, 5.41) is 9.04. The number of halogens is 1. The third-order valence-electron chi connectivity index (χ3n) is 3.59.